The Morgan fingerprint density at radius 3 is 2.17 bits per heavy atom. The Morgan fingerprint density at radius 2 is 1.60 bits per heavy atom. The molecule has 1 aliphatic heterocycles. The molecule has 1 unspecified atom stereocenters. The molecule has 6 nitrogen and oxygen atoms in total. The fraction of sp³-hybridized carbons (Fsp3) is 0.435. The van der Waals surface area contributed by atoms with Gasteiger partial charge in [0.1, 0.15) is 6.04 Å². The molecule has 1 atom stereocenters. The van der Waals surface area contributed by atoms with Crippen LogP contribution in [0.5, 0.6) is 0 Å². The number of rotatable bonds is 5. The van der Waals surface area contributed by atoms with Crippen LogP contribution in [0.25, 0.3) is 0 Å². The molecule has 2 aromatic rings. The molecular weight excluding hydrogens is 398 g/mol. The number of benzene rings is 1. The standard InChI is InChI=1S/C23H29N3O3S/c1-23(2,3)22(29)26-13-11-25(12-14-26)21(28)18(16-17-8-5-4-6-9-17)24-20(27)19-10-7-15-30-19/h4-10,15,18H,11-14,16H2,1-3H3,(H,24,27). The van der Waals surface area contributed by atoms with Crippen LogP contribution in [0.4, 0.5) is 0 Å². The smallest absolute Gasteiger partial charge is 0.262 e. The Labute approximate surface area is 181 Å². The van der Waals surface area contributed by atoms with E-state index in [-0.39, 0.29) is 17.7 Å². The van der Waals surface area contributed by atoms with Crippen LogP contribution in [0.15, 0.2) is 47.8 Å². The summed E-state index contributed by atoms with van der Waals surface area (Å²) >= 11 is 1.35. The van der Waals surface area contributed by atoms with Gasteiger partial charge in [-0.2, -0.15) is 0 Å². The van der Waals surface area contributed by atoms with Gasteiger partial charge in [0.15, 0.2) is 0 Å². The van der Waals surface area contributed by atoms with Crippen molar-refractivity contribution in [2.24, 2.45) is 5.41 Å². The summed E-state index contributed by atoms with van der Waals surface area (Å²) in [5.74, 6) is -0.242. The molecule has 1 aromatic carbocycles. The van der Waals surface area contributed by atoms with Crippen molar-refractivity contribution in [3.63, 3.8) is 0 Å². The molecule has 1 aromatic heterocycles. The highest BCUT2D eigenvalue weighted by Gasteiger charge is 2.33. The molecule has 3 amide bonds. The molecule has 1 N–H and O–H groups in total. The van der Waals surface area contributed by atoms with Crippen molar-refractivity contribution in [3.05, 3.63) is 58.3 Å². The number of hydrogen-bond donors (Lipinski definition) is 1. The van der Waals surface area contributed by atoms with Crippen LogP contribution in [-0.2, 0) is 16.0 Å². The molecule has 2 heterocycles. The van der Waals surface area contributed by atoms with Gasteiger partial charge in [-0.25, -0.2) is 0 Å². The lowest BCUT2D eigenvalue weighted by molar-refractivity contribution is -0.145. The largest absolute Gasteiger partial charge is 0.339 e. The van der Waals surface area contributed by atoms with Gasteiger partial charge in [0, 0.05) is 38.0 Å². The zero-order valence-corrected chi connectivity index (χ0v) is 18.6. The van der Waals surface area contributed by atoms with Crippen molar-refractivity contribution in [2.45, 2.75) is 33.2 Å². The first kappa shape index (κ1) is 22.0. The maximum atomic E-state index is 13.3. The molecule has 0 bridgehead atoms. The molecule has 160 valence electrons. The second kappa shape index (κ2) is 9.43. The number of hydrogen-bond acceptors (Lipinski definition) is 4. The molecular formula is C23H29N3O3S. The van der Waals surface area contributed by atoms with Gasteiger partial charge < -0.3 is 15.1 Å². The van der Waals surface area contributed by atoms with Gasteiger partial charge in [0.05, 0.1) is 4.88 Å². The Hall–Kier alpha value is -2.67. The van der Waals surface area contributed by atoms with Crippen molar-refractivity contribution in [3.8, 4) is 0 Å². The van der Waals surface area contributed by atoms with E-state index in [0.29, 0.717) is 37.5 Å². The van der Waals surface area contributed by atoms with E-state index in [0.717, 1.165) is 5.56 Å². The van der Waals surface area contributed by atoms with E-state index >= 15 is 0 Å². The summed E-state index contributed by atoms with van der Waals surface area (Å²) in [6, 6.07) is 12.6. The van der Waals surface area contributed by atoms with E-state index in [2.05, 4.69) is 5.32 Å². The van der Waals surface area contributed by atoms with E-state index in [9.17, 15) is 14.4 Å². The molecule has 3 rings (SSSR count). The summed E-state index contributed by atoms with van der Waals surface area (Å²) in [5.41, 5.74) is 0.556. The van der Waals surface area contributed by atoms with Gasteiger partial charge >= 0.3 is 0 Å². The van der Waals surface area contributed by atoms with Gasteiger partial charge in [-0.3, -0.25) is 14.4 Å². The summed E-state index contributed by atoms with van der Waals surface area (Å²) in [6.45, 7) is 7.69. The summed E-state index contributed by atoms with van der Waals surface area (Å²) in [5, 5.41) is 4.76. The van der Waals surface area contributed by atoms with Crippen LogP contribution >= 0.6 is 11.3 Å². The predicted octanol–water partition coefficient (Wildman–Crippen LogP) is 2.81. The summed E-state index contributed by atoms with van der Waals surface area (Å²) in [4.78, 5) is 42.6. The van der Waals surface area contributed by atoms with E-state index in [4.69, 9.17) is 0 Å². The molecule has 30 heavy (non-hydrogen) atoms. The van der Waals surface area contributed by atoms with E-state index in [1.807, 2.05) is 67.4 Å². The lowest BCUT2D eigenvalue weighted by Crippen LogP contribution is -2.57. The zero-order valence-electron chi connectivity index (χ0n) is 17.8. The first-order valence-corrected chi connectivity index (χ1v) is 11.1. The topological polar surface area (TPSA) is 69.7 Å². The number of piperazine rings is 1. The molecule has 0 spiro atoms. The summed E-state index contributed by atoms with van der Waals surface area (Å²) < 4.78 is 0. The maximum absolute atomic E-state index is 13.3. The van der Waals surface area contributed by atoms with Gasteiger partial charge in [0.25, 0.3) is 5.91 Å². The van der Waals surface area contributed by atoms with Gasteiger partial charge in [0.2, 0.25) is 11.8 Å². The van der Waals surface area contributed by atoms with Crippen LogP contribution in [0.1, 0.15) is 36.0 Å². The minimum atomic E-state index is -0.646. The van der Waals surface area contributed by atoms with Crippen molar-refractivity contribution < 1.29 is 14.4 Å². The zero-order chi connectivity index (χ0) is 21.7. The van der Waals surface area contributed by atoms with Gasteiger partial charge in [-0.1, -0.05) is 57.2 Å². The van der Waals surface area contributed by atoms with Crippen molar-refractivity contribution in [1.82, 2.24) is 15.1 Å². The van der Waals surface area contributed by atoms with Crippen LogP contribution in [0.2, 0.25) is 0 Å². The quantitative estimate of drug-likeness (QED) is 0.798. The molecule has 1 saturated heterocycles. The number of carbonyl (C=O) groups is 3. The normalized spacial score (nSPS) is 15.6. The Kier molecular flexibility index (Phi) is 6.92. The van der Waals surface area contributed by atoms with Crippen LogP contribution in [0.3, 0.4) is 0 Å². The molecule has 0 radical (unpaired) electrons. The molecule has 1 aliphatic rings. The minimum Gasteiger partial charge on any atom is -0.339 e. The average Bonchev–Trinajstić information content (AvgIpc) is 3.27. The highest BCUT2D eigenvalue weighted by atomic mass is 32.1. The Morgan fingerprint density at radius 1 is 0.967 bits per heavy atom. The van der Waals surface area contributed by atoms with Gasteiger partial charge in [-0.15, -0.1) is 11.3 Å². The fourth-order valence-corrected chi connectivity index (χ4v) is 4.14. The van der Waals surface area contributed by atoms with Crippen molar-refractivity contribution in [1.29, 1.82) is 0 Å². The number of nitrogens with zero attached hydrogens (tertiary/aromatic N) is 2. The molecule has 1 fully saturated rings. The highest BCUT2D eigenvalue weighted by molar-refractivity contribution is 7.12. The molecule has 0 aliphatic carbocycles. The second-order valence-electron chi connectivity index (χ2n) is 8.56. The lowest BCUT2D eigenvalue weighted by atomic mass is 9.94. The van der Waals surface area contributed by atoms with Gasteiger partial charge in [-0.05, 0) is 17.0 Å². The van der Waals surface area contributed by atoms with Crippen LogP contribution < -0.4 is 5.32 Å². The first-order chi connectivity index (χ1) is 14.3. The van der Waals surface area contributed by atoms with E-state index < -0.39 is 11.5 Å². The monoisotopic (exact) mass is 427 g/mol. The van der Waals surface area contributed by atoms with Crippen LogP contribution in [0, 0.1) is 5.41 Å². The predicted molar refractivity (Wildman–Crippen MR) is 118 cm³/mol. The minimum absolute atomic E-state index is 0.0985. The van der Waals surface area contributed by atoms with E-state index in [1.165, 1.54) is 11.3 Å². The Bertz CT molecular complexity index is 867. The number of amides is 3. The van der Waals surface area contributed by atoms with Crippen molar-refractivity contribution >= 4 is 29.1 Å². The van der Waals surface area contributed by atoms with Crippen molar-refractivity contribution in [2.75, 3.05) is 26.2 Å². The summed E-state index contributed by atoms with van der Waals surface area (Å²) in [7, 11) is 0. The average molecular weight is 428 g/mol. The SMILES string of the molecule is CC(C)(C)C(=O)N1CCN(C(=O)C(Cc2ccccc2)NC(=O)c2cccs2)CC1. The number of carbonyl (C=O) groups excluding carboxylic acids is 3. The van der Waals surface area contributed by atoms with E-state index in [1.54, 1.807) is 11.0 Å². The highest BCUT2D eigenvalue weighted by Crippen LogP contribution is 2.19. The maximum Gasteiger partial charge on any atom is 0.262 e. The summed E-state index contributed by atoms with van der Waals surface area (Å²) in [6.07, 6.45) is 0.428. The first-order valence-electron chi connectivity index (χ1n) is 10.2. The third kappa shape index (κ3) is 5.48. The molecule has 0 saturated carbocycles. The van der Waals surface area contributed by atoms with Crippen LogP contribution in [-0.4, -0.2) is 59.7 Å². The third-order valence-corrected chi connectivity index (χ3v) is 6.02. The number of thiophene rings is 1. The fourth-order valence-electron chi connectivity index (χ4n) is 3.51. The Balaban J connectivity index is 1.69. The third-order valence-electron chi connectivity index (χ3n) is 5.15. The second-order valence-corrected chi connectivity index (χ2v) is 9.51. The number of nitrogens with one attached hydrogen (secondary N) is 1. The lowest BCUT2D eigenvalue weighted by Gasteiger charge is -2.38. The molecule has 7 heteroatoms.